The number of benzene rings is 1. The van der Waals surface area contributed by atoms with Crippen LogP contribution in [0, 0.1) is 5.82 Å². The zero-order valence-corrected chi connectivity index (χ0v) is 11.2. The Balaban J connectivity index is 2.03. The molecule has 0 amide bonds. The minimum absolute atomic E-state index is 0.196. The van der Waals surface area contributed by atoms with Crippen LogP contribution in [0.25, 0.3) is 0 Å². The maximum atomic E-state index is 13.5. The Kier molecular flexibility index (Phi) is 4.71. The van der Waals surface area contributed by atoms with E-state index in [1.807, 2.05) is 24.3 Å². The zero-order valence-electron chi connectivity index (χ0n) is 10.5. The first-order chi connectivity index (χ1) is 9.19. The van der Waals surface area contributed by atoms with Gasteiger partial charge < -0.3 is 10.1 Å². The maximum absolute atomic E-state index is 13.5. The molecule has 2 rings (SSSR count). The van der Waals surface area contributed by atoms with Crippen molar-refractivity contribution in [3.8, 4) is 0 Å². The number of pyridine rings is 1. The number of aromatic nitrogens is 1. The minimum Gasteiger partial charge on any atom is -0.380 e. The molecule has 1 aromatic heterocycles. The normalized spacial score (nSPS) is 10.5. The van der Waals surface area contributed by atoms with Gasteiger partial charge in [-0.3, -0.25) is 0 Å². The van der Waals surface area contributed by atoms with Crippen LogP contribution in [0.5, 0.6) is 0 Å². The first-order valence-corrected chi connectivity index (χ1v) is 6.18. The number of methoxy groups -OCH3 is 1. The average Bonchev–Trinajstić information content (AvgIpc) is 2.38. The number of hydrogen-bond donors (Lipinski definition) is 1. The summed E-state index contributed by atoms with van der Waals surface area (Å²) in [6.45, 7) is 1.05. The lowest BCUT2D eigenvalue weighted by Crippen LogP contribution is -2.04. The highest BCUT2D eigenvalue weighted by atomic mass is 35.5. The van der Waals surface area contributed by atoms with Crippen molar-refractivity contribution in [2.24, 2.45) is 0 Å². The van der Waals surface area contributed by atoms with Crippen molar-refractivity contribution >= 4 is 17.4 Å². The van der Waals surface area contributed by atoms with Crippen LogP contribution in [0.2, 0.25) is 5.02 Å². The third kappa shape index (κ3) is 3.91. The van der Waals surface area contributed by atoms with E-state index >= 15 is 0 Å². The van der Waals surface area contributed by atoms with E-state index in [1.165, 1.54) is 12.3 Å². The van der Waals surface area contributed by atoms with E-state index in [0.717, 1.165) is 11.1 Å². The van der Waals surface area contributed by atoms with Gasteiger partial charge in [-0.15, -0.1) is 0 Å². The Morgan fingerprint density at radius 3 is 2.84 bits per heavy atom. The van der Waals surface area contributed by atoms with Crippen LogP contribution >= 0.6 is 11.6 Å². The number of anilines is 1. The van der Waals surface area contributed by atoms with Crippen molar-refractivity contribution in [3.63, 3.8) is 0 Å². The summed E-state index contributed by atoms with van der Waals surface area (Å²) in [5.74, 6) is -0.262. The van der Waals surface area contributed by atoms with Crippen molar-refractivity contribution in [2.45, 2.75) is 13.2 Å². The summed E-state index contributed by atoms with van der Waals surface area (Å²) in [6.07, 6.45) is 1.41. The standard InChI is InChI=1S/C14H14ClFN2O/c1-19-9-11-4-2-3-10(5-11)7-17-14-13(16)6-12(15)8-18-14/h2-6,8H,7,9H2,1H3,(H,17,18). The molecule has 100 valence electrons. The molecule has 19 heavy (non-hydrogen) atoms. The first-order valence-electron chi connectivity index (χ1n) is 5.80. The van der Waals surface area contributed by atoms with Gasteiger partial charge in [-0.1, -0.05) is 35.9 Å². The summed E-state index contributed by atoms with van der Waals surface area (Å²) in [5.41, 5.74) is 2.11. The molecule has 0 spiro atoms. The molecule has 5 heteroatoms. The molecular weight excluding hydrogens is 267 g/mol. The predicted molar refractivity (Wildman–Crippen MR) is 73.7 cm³/mol. The molecule has 0 unspecified atom stereocenters. The second-order valence-corrected chi connectivity index (χ2v) is 4.53. The number of rotatable bonds is 5. The number of hydrogen-bond acceptors (Lipinski definition) is 3. The van der Waals surface area contributed by atoms with E-state index in [2.05, 4.69) is 10.3 Å². The van der Waals surface area contributed by atoms with Gasteiger partial charge in [-0.2, -0.15) is 0 Å². The van der Waals surface area contributed by atoms with Gasteiger partial charge in [0.25, 0.3) is 0 Å². The van der Waals surface area contributed by atoms with Gasteiger partial charge in [0, 0.05) is 19.9 Å². The molecule has 0 aliphatic heterocycles. The Labute approximate surface area is 116 Å². The van der Waals surface area contributed by atoms with Gasteiger partial charge in [-0.05, 0) is 17.2 Å². The Morgan fingerprint density at radius 2 is 2.11 bits per heavy atom. The Bertz CT molecular complexity index is 563. The van der Waals surface area contributed by atoms with Crippen LogP contribution < -0.4 is 5.32 Å². The molecular formula is C14H14ClFN2O. The van der Waals surface area contributed by atoms with Crippen molar-refractivity contribution < 1.29 is 9.13 Å². The molecule has 0 atom stereocenters. The monoisotopic (exact) mass is 280 g/mol. The summed E-state index contributed by atoms with van der Waals surface area (Å²) in [7, 11) is 1.65. The number of ether oxygens (including phenoxy) is 1. The largest absolute Gasteiger partial charge is 0.380 e. The second-order valence-electron chi connectivity index (χ2n) is 4.09. The van der Waals surface area contributed by atoms with Gasteiger partial charge in [0.1, 0.15) is 0 Å². The van der Waals surface area contributed by atoms with Gasteiger partial charge in [-0.25, -0.2) is 9.37 Å². The second kappa shape index (κ2) is 6.50. The highest BCUT2D eigenvalue weighted by Crippen LogP contribution is 2.16. The van der Waals surface area contributed by atoms with E-state index in [9.17, 15) is 4.39 Å². The summed E-state index contributed by atoms with van der Waals surface area (Å²) in [6, 6.07) is 9.12. The van der Waals surface area contributed by atoms with Crippen molar-refractivity contribution in [2.75, 3.05) is 12.4 Å². The molecule has 0 saturated heterocycles. The molecule has 0 radical (unpaired) electrons. The van der Waals surface area contributed by atoms with Crippen LogP contribution in [0.1, 0.15) is 11.1 Å². The van der Waals surface area contributed by atoms with Crippen LogP contribution in [-0.4, -0.2) is 12.1 Å². The lowest BCUT2D eigenvalue weighted by molar-refractivity contribution is 0.185. The number of nitrogens with zero attached hydrogens (tertiary/aromatic N) is 1. The fraction of sp³-hybridized carbons (Fsp3) is 0.214. The lowest BCUT2D eigenvalue weighted by Gasteiger charge is -2.08. The molecule has 0 aliphatic rings. The molecule has 1 aromatic carbocycles. The van der Waals surface area contributed by atoms with E-state index in [-0.39, 0.29) is 10.8 Å². The highest BCUT2D eigenvalue weighted by molar-refractivity contribution is 6.30. The van der Waals surface area contributed by atoms with Crippen LogP contribution in [0.15, 0.2) is 36.5 Å². The lowest BCUT2D eigenvalue weighted by atomic mass is 10.1. The third-order valence-electron chi connectivity index (χ3n) is 2.57. The maximum Gasteiger partial charge on any atom is 0.166 e. The quantitative estimate of drug-likeness (QED) is 0.908. The molecule has 3 nitrogen and oxygen atoms in total. The molecule has 0 fully saturated rings. The van der Waals surface area contributed by atoms with Crippen LogP contribution in [0.3, 0.4) is 0 Å². The van der Waals surface area contributed by atoms with Crippen molar-refractivity contribution in [3.05, 3.63) is 58.5 Å². The van der Waals surface area contributed by atoms with Crippen molar-refractivity contribution in [1.29, 1.82) is 0 Å². The minimum atomic E-state index is -0.458. The number of halogens is 2. The van der Waals surface area contributed by atoms with Gasteiger partial charge in [0.05, 0.1) is 11.6 Å². The van der Waals surface area contributed by atoms with E-state index in [1.54, 1.807) is 7.11 Å². The highest BCUT2D eigenvalue weighted by Gasteiger charge is 2.04. The third-order valence-corrected chi connectivity index (χ3v) is 2.78. The zero-order chi connectivity index (χ0) is 13.7. The van der Waals surface area contributed by atoms with E-state index in [4.69, 9.17) is 16.3 Å². The molecule has 1 heterocycles. The van der Waals surface area contributed by atoms with Gasteiger partial charge in [0.2, 0.25) is 0 Å². The van der Waals surface area contributed by atoms with E-state index in [0.29, 0.717) is 13.2 Å². The summed E-state index contributed by atoms with van der Waals surface area (Å²) >= 11 is 5.65. The summed E-state index contributed by atoms with van der Waals surface area (Å²) in [5, 5.41) is 3.22. The van der Waals surface area contributed by atoms with Gasteiger partial charge in [0.15, 0.2) is 11.6 Å². The summed E-state index contributed by atoms with van der Waals surface area (Å²) < 4.78 is 18.6. The fourth-order valence-corrected chi connectivity index (χ4v) is 1.87. The SMILES string of the molecule is COCc1cccc(CNc2ncc(Cl)cc2F)c1. The Hall–Kier alpha value is -1.65. The van der Waals surface area contributed by atoms with Crippen LogP contribution in [-0.2, 0) is 17.9 Å². The van der Waals surface area contributed by atoms with Gasteiger partial charge >= 0.3 is 0 Å². The molecule has 1 N–H and O–H groups in total. The Morgan fingerprint density at radius 1 is 1.32 bits per heavy atom. The number of nitrogens with one attached hydrogen (secondary N) is 1. The predicted octanol–water partition coefficient (Wildman–Crippen LogP) is 3.63. The van der Waals surface area contributed by atoms with E-state index < -0.39 is 5.82 Å². The summed E-state index contributed by atoms with van der Waals surface area (Å²) in [4.78, 5) is 3.91. The fourth-order valence-electron chi connectivity index (χ4n) is 1.73. The van der Waals surface area contributed by atoms with Crippen LogP contribution in [0.4, 0.5) is 10.2 Å². The molecule has 2 aromatic rings. The first kappa shape index (κ1) is 13.8. The molecule has 0 saturated carbocycles. The average molecular weight is 281 g/mol. The molecule has 0 aliphatic carbocycles. The topological polar surface area (TPSA) is 34.1 Å². The van der Waals surface area contributed by atoms with Crippen molar-refractivity contribution in [1.82, 2.24) is 4.98 Å². The smallest absolute Gasteiger partial charge is 0.166 e. The molecule has 0 bridgehead atoms.